The van der Waals surface area contributed by atoms with E-state index in [2.05, 4.69) is 16.4 Å². The van der Waals surface area contributed by atoms with Crippen LogP contribution in [-0.4, -0.2) is 46.7 Å². The Morgan fingerprint density at radius 2 is 1.81 bits per heavy atom. The summed E-state index contributed by atoms with van der Waals surface area (Å²) in [6.07, 6.45) is 13.6. The van der Waals surface area contributed by atoms with E-state index in [-0.39, 0.29) is 0 Å². The summed E-state index contributed by atoms with van der Waals surface area (Å²) < 4.78 is 8.01. The Kier molecular flexibility index (Phi) is 6.16. The van der Waals surface area contributed by atoms with E-state index in [4.69, 9.17) is 9.72 Å². The molecule has 0 radical (unpaired) electrons. The highest BCUT2D eigenvalue weighted by Crippen LogP contribution is 2.33. The zero-order chi connectivity index (χ0) is 18.6. The van der Waals surface area contributed by atoms with Crippen LogP contribution in [0.15, 0.2) is 6.20 Å². The van der Waals surface area contributed by atoms with Crippen molar-refractivity contribution in [3.8, 4) is 0 Å². The van der Waals surface area contributed by atoms with Crippen molar-refractivity contribution < 1.29 is 9.53 Å². The number of nitrogens with zero attached hydrogens (tertiary/aromatic N) is 3. The lowest BCUT2D eigenvalue weighted by Crippen LogP contribution is -2.39. The van der Waals surface area contributed by atoms with E-state index >= 15 is 0 Å². The van der Waals surface area contributed by atoms with Crippen LogP contribution in [0.5, 0.6) is 0 Å². The normalized spacial score (nSPS) is 23.2. The van der Waals surface area contributed by atoms with Crippen LogP contribution in [-0.2, 0) is 9.53 Å². The minimum absolute atomic E-state index is 0.382. The van der Waals surface area contributed by atoms with Crippen LogP contribution in [0.2, 0.25) is 0 Å². The minimum Gasteiger partial charge on any atom is -0.381 e. The van der Waals surface area contributed by atoms with Crippen molar-refractivity contribution in [2.24, 2.45) is 5.92 Å². The number of rotatable bonds is 5. The molecule has 3 fully saturated rings. The van der Waals surface area contributed by atoms with Crippen molar-refractivity contribution in [1.29, 1.82) is 0 Å². The van der Waals surface area contributed by atoms with Gasteiger partial charge in [-0.05, 0) is 44.9 Å². The van der Waals surface area contributed by atoms with Crippen LogP contribution in [0.25, 0.3) is 0 Å². The highest BCUT2D eigenvalue weighted by Gasteiger charge is 2.29. The minimum atomic E-state index is 0.382. The van der Waals surface area contributed by atoms with Crippen LogP contribution in [0, 0.1) is 12.8 Å². The fourth-order valence-electron chi connectivity index (χ4n) is 5.36. The number of amides is 1. The molecule has 0 unspecified atom stereocenters. The molecular formula is C22H35N3O2. The number of likely N-dealkylation sites (tertiary alicyclic amines) is 1. The Morgan fingerprint density at radius 3 is 2.52 bits per heavy atom. The van der Waals surface area contributed by atoms with Gasteiger partial charge in [0.15, 0.2) is 0 Å². The quantitative estimate of drug-likeness (QED) is 0.776. The van der Waals surface area contributed by atoms with Crippen molar-refractivity contribution in [1.82, 2.24) is 14.5 Å². The molecule has 1 aromatic rings. The molecule has 0 aromatic carbocycles. The fraction of sp³-hybridized carbons (Fsp3) is 0.818. The molecule has 27 heavy (non-hydrogen) atoms. The monoisotopic (exact) mass is 373 g/mol. The van der Waals surface area contributed by atoms with Gasteiger partial charge in [-0.15, -0.1) is 0 Å². The number of ether oxygens (including phenoxy) is 1. The summed E-state index contributed by atoms with van der Waals surface area (Å²) in [5.74, 6) is 2.97. The first-order chi connectivity index (χ1) is 13.2. The lowest BCUT2D eigenvalue weighted by atomic mass is 9.97. The maximum absolute atomic E-state index is 12.6. The summed E-state index contributed by atoms with van der Waals surface area (Å²) in [6, 6.07) is 0.490. The van der Waals surface area contributed by atoms with Gasteiger partial charge in [-0.2, -0.15) is 0 Å². The second kappa shape index (κ2) is 8.76. The molecule has 0 spiro atoms. The van der Waals surface area contributed by atoms with Gasteiger partial charge in [-0.25, -0.2) is 4.98 Å². The van der Waals surface area contributed by atoms with Gasteiger partial charge in [0.05, 0.1) is 0 Å². The third-order valence-electron chi connectivity index (χ3n) is 7.02. The van der Waals surface area contributed by atoms with Gasteiger partial charge in [-0.3, -0.25) is 4.79 Å². The van der Waals surface area contributed by atoms with E-state index in [1.54, 1.807) is 0 Å². The molecule has 150 valence electrons. The van der Waals surface area contributed by atoms with Gasteiger partial charge in [0.2, 0.25) is 5.91 Å². The van der Waals surface area contributed by atoms with E-state index in [1.165, 1.54) is 37.2 Å². The summed E-state index contributed by atoms with van der Waals surface area (Å²) in [7, 11) is 0. The maximum Gasteiger partial charge on any atom is 0.222 e. The van der Waals surface area contributed by atoms with Crippen molar-refractivity contribution in [2.45, 2.75) is 83.1 Å². The summed E-state index contributed by atoms with van der Waals surface area (Å²) in [6.45, 7) is 5.68. The smallest absolute Gasteiger partial charge is 0.222 e. The van der Waals surface area contributed by atoms with E-state index < -0.39 is 0 Å². The highest BCUT2D eigenvalue weighted by molar-refractivity contribution is 5.76. The van der Waals surface area contributed by atoms with Crippen molar-refractivity contribution in [3.63, 3.8) is 0 Å². The van der Waals surface area contributed by atoms with Crippen molar-refractivity contribution in [3.05, 3.63) is 17.7 Å². The van der Waals surface area contributed by atoms with Gasteiger partial charge in [-0.1, -0.05) is 25.7 Å². The number of carbonyl (C=O) groups excluding carboxylic acids is 1. The number of imidazole rings is 1. The van der Waals surface area contributed by atoms with E-state index in [9.17, 15) is 4.79 Å². The van der Waals surface area contributed by atoms with Crippen LogP contribution in [0.3, 0.4) is 0 Å². The molecule has 2 saturated heterocycles. The van der Waals surface area contributed by atoms with Gasteiger partial charge in [0.25, 0.3) is 0 Å². The average molecular weight is 374 g/mol. The largest absolute Gasteiger partial charge is 0.381 e. The Bertz CT molecular complexity index is 622. The van der Waals surface area contributed by atoms with E-state index in [1.807, 2.05) is 6.20 Å². The predicted molar refractivity (Wildman–Crippen MR) is 106 cm³/mol. The molecule has 1 aromatic heterocycles. The summed E-state index contributed by atoms with van der Waals surface area (Å²) in [4.78, 5) is 19.5. The van der Waals surface area contributed by atoms with Crippen molar-refractivity contribution >= 4 is 5.91 Å². The topological polar surface area (TPSA) is 47.4 Å². The second-order valence-electron chi connectivity index (χ2n) is 8.82. The number of aryl methyl sites for hydroxylation is 1. The first kappa shape index (κ1) is 19.0. The zero-order valence-corrected chi connectivity index (χ0v) is 16.9. The Labute approximate surface area is 163 Å². The molecule has 0 atom stereocenters. The molecule has 1 aliphatic carbocycles. The van der Waals surface area contributed by atoms with Gasteiger partial charge < -0.3 is 14.2 Å². The Balaban J connectivity index is 1.32. The Hall–Kier alpha value is -1.36. The molecular weight excluding hydrogens is 338 g/mol. The average Bonchev–Trinajstić information content (AvgIpc) is 3.36. The van der Waals surface area contributed by atoms with Crippen LogP contribution in [0.4, 0.5) is 0 Å². The Morgan fingerprint density at radius 1 is 1.11 bits per heavy atom. The molecule has 2 aliphatic heterocycles. The lowest BCUT2D eigenvalue weighted by molar-refractivity contribution is -0.132. The summed E-state index contributed by atoms with van der Waals surface area (Å²) in [5.41, 5.74) is 1.27. The zero-order valence-electron chi connectivity index (χ0n) is 16.9. The predicted octanol–water partition coefficient (Wildman–Crippen LogP) is 4.22. The van der Waals surface area contributed by atoms with Gasteiger partial charge in [0.1, 0.15) is 5.82 Å². The van der Waals surface area contributed by atoms with Gasteiger partial charge >= 0.3 is 0 Å². The summed E-state index contributed by atoms with van der Waals surface area (Å²) in [5, 5.41) is 0. The maximum atomic E-state index is 12.6. The second-order valence-corrected chi connectivity index (χ2v) is 8.82. The lowest BCUT2D eigenvalue weighted by Gasteiger charge is -2.35. The highest BCUT2D eigenvalue weighted by atomic mass is 16.5. The van der Waals surface area contributed by atoms with E-state index in [0.717, 1.165) is 70.7 Å². The number of hydrogen-bond acceptors (Lipinski definition) is 3. The van der Waals surface area contributed by atoms with Crippen LogP contribution < -0.4 is 0 Å². The van der Waals surface area contributed by atoms with Crippen molar-refractivity contribution in [2.75, 3.05) is 26.3 Å². The molecule has 4 rings (SSSR count). The molecule has 1 amide bonds. The first-order valence-corrected chi connectivity index (χ1v) is 11.1. The number of aromatic nitrogens is 2. The molecule has 0 N–H and O–H groups in total. The fourth-order valence-corrected chi connectivity index (χ4v) is 5.36. The summed E-state index contributed by atoms with van der Waals surface area (Å²) >= 11 is 0. The molecule has 5 nitrogen and oxygen atoms in total. The third kappa shape index (κ3) is 4.39. The molecule has 0 bridgehead atoms. The van der Waals surface area contributed by atoms with Gasteiger partial charge in [0, 0.05) is 56.6 Å². The van der Waals surface area contributed by atoms with E-state index in [0.29, 0.717) is 17.9 Å². The standard InChI is InChI=1S/C22H35N3O2/c1-17-16-23-22(19-10-14-27-15-11-19)25(17)20-8-12-24(13-9-20)21(26)7-6-18-4-2-3-5-18/h16,18-20H,2-15H2,1H3. The first-order valence-electron chi connectivity index (χ1n) is 11.1. The number of piperidine rings is 1. The number of carbonyl (C=O) groups is 1. The molecule has 1 saturated carbocycles. The van der Waals surface area contributed by atoms with Crippen LogP contribution >= 0.6 is 0 Å². The van der Waals surface area contributed by atoms with Crippen LogP contribution in [0.1, 0.15) is 87.7 Å². The molecule has 3 heterocycles. The molecule has 3 aliphatic rings. The SMILES string of the molecule is Cc1cnc(C2CCOCC2)n1C1CCN(C(=O)CCC2CCCC2)CC1. The number of hydrogen-bond donors (Lipinski definition) is 0. The molecule has 5 heteroatoms. The third-order valence-corrected chi connectivity index (χ3v) is 7.02.